The van der Waals surface area contributed by atoms with Gasteiger partial charge in [-0.2, -0.15) is 0 Å². The predicted molar refractivity (Wildman–Crippen MR) is 74.2 cm³/mol. The van der Waals surface area contributed by atoms with Crippen LogP contribution in [0.4, 0.5) is 0 Å². The van der Waals surface area contributed by atoms with Gasteiger partial charge in [0.1, 0.15) is 0 Å². The average molecular weight is 270 g/mol. The molecular formula is C14H20ClNO2. The summed E-state index contributed by atoms with van der Waals surface area (Å²) in [6.45, 7) is 9.19. The van der Waals surface area contributed by atoms with Crippen molar-refractivity contribution < 1.29 is 9.90 Å². The molecule has 0 saturated heterocycles. The van der Waals surface area contributed by atoms with Crippen LogP contribution < -0.4 is 0 Å². The second-order valence-corrected chi connectivity index (χ2v) is 5.24. The Kier molecular flexibility index (Phi) is 5.63. The van der Waals surface area contributed by atoms with E-state index in [1.807, 2.05) is 0 Å². The third-order valence-corrected chi connectivity index (χ3v) is 3.12. The lowest BCUT2D eigenvalue weighted by atomic mass is 10.1. The van der Waals surface area contributed by atoms with E-state index in [2.05, 4.69) is 25.7 Å². The number of nitrogens with zero attached hydrogens (tertiary/aromatic N) is 1. The average Bonchev–Trinajstić information content (AvgIpc) is 2.29. The van der Waals surface area contributed by atoms with E-state index in [-0.39, 0.29) is 5.56 Å². The number of halogens is 1. The van der Waals surface area contributed by atoms with E-state index in [1.165, 1.54) is 6.07 Å². The van der Waals surface area contributed by atoms with E-state index in [0.29, 0.717) is 10.9 Å². The maximum atomic E-state index is 10.8. The zero-order valence-electron chi connectivity index (χ0n) is 11.1. The van der Waals surface area contributed by atoms with Gasteiger partial charge in [-0.25, -0.2) is 4.79 Å². The molecule has 0 aliphatic carbocycles. The molecule has 1 rings (SSSR count). The minimum atomic E-state index is -0.946. The summed E-state index contributed by atoms with van der Waals surface area (Å²) in [5, 5.41) is 9.40. The number of carbonyl (C=O) groups is 1. The Labute approximate surface area is 113 Å². The summed E-state index contributed by atoms with van der Waals surface area (Å²) in [7, 11) is 0. The molecule has 0 spiro atoms. The van der Waals surface area contributed by atoms with E-state index in [4.69, 9.17) is 16.7 Å². The van der Waals surface area contributed by atoms with Gasteiger partial charge in [0, 0.05) is 18.1 Å². The van der Waals surface area contributed by atoms with Crippen LogP contribution in [-0.2, 0) is 6.54 Å². The van der Waals surface area contributed by atoms with Crippen molar-refractivity contribution in [2.75, 3.05) is 13.1 Å². The molecule has 0 saturated carbocycles. The van der Waals surface area contributed by atoms with E-state index in [0.717, 1.165) is 25.2 Å². The fourth-order valence-corrected chi connectivity index (χ4v) is 2.11. The molecule has 0 radical (unpaired) electrons. The first-order chi connectivity index (χ1) is 8.43. The van der Waals surface area contributed by atoms with Crippen LogP contribution in [0.2, 0.25) is 5.02 Å². The molecule has 0 bridgehead atoms. The summed E-state index contributed by atoms with van der Waals surface area (Å²) in [5.74, 6) is -0.347. The van der Waals surface area contributed by atoms with Gasteiger partial charge < -0.3 is 5.11 Å². The maximum absolute atomic E-state index is 10.8. The topological polar surface area (TPSA) is 40.5 Å². The van der Waals surface area contributed by atoms with Crippen LogP contribution >= 0.6 is 11.6 Å². The monoisotopic (exact) mass is 269 g/mol. The number of carboxylic acids is 1. The van der Waals surface area contributed by atoms with Crippen molar-refractivity contribution in [2.24, 2.45) is 5.92 Å². The van der Waals surface area contributed by atoms with Crippen LogP contribution in [0.5, 0.6) is 0 Å². The number of rotatable bonds is 6. The van der Waals surface area contributed by atoms with E-state index < -0.39 is 5.97 Å². The molecule has 0 aliphatic heterocycles. The molecule has 0 amide bonds. The van der Waals surface area contributed by atoms with Gasteiger partial charge in [0.2, 0.25) is 0 Å². The molecule has 3 nitrogen and oxygen atoms in total. The highest BCUT2D eigenvalue weighted by molar-refractivity contribution is 6.31. The standard InChI is InChI=1S/C14H20ClNO2/c1-4-16(8-10(2)3)9-12-6-5-11(14(17)18)7-13(12)15/h5-7,10H,4,8-9H2,1-3H3,(H,17,18). The van der Waals surface area contributed by atoms with E-state index >= 15 is 0 Å². The number of hydrogen-bond donors (Lipinski definition) is 1. The van der Waals surface area contributed by atoms with Crippen LogP contribution in [0.15, 0.2) is 18.2 Å². The first-order valence-corrected chi connectivity index (χ1v) is 6.56. The summed E-state index contributed by atoms with van der Waals surface area (Å²) >= 11 is 6.12. The first-order valence-electron chi connectivity index (χ1n) is 6.18. The Morgan fingerprint density at radius 2 is 2.11 bits per heavy atom. The summed E-state index contributed by atoms with van der Waals surface area (Å²) in [4.78, 5) is 13.1. The minimum Gasteiger partial charge on any atom is -0.478 e. The van der Waals surface area contributed by atoms with Crippen LogP contribution in [0.25, 0.3) is 0 Å². The molecule has 1 aromatic rings. The largest absolute Gasteiger partial charge is 0.478 e. The molecule has 0 aromatic heterocycles. The van der Waals surface area contributed by atoms with E-state index in [9.17, 15) is 4.79 Å². The van der Waals surface area contributed by atoms with Crippen molar-refractivity contribution in [1.29, 1.82) is 0 Å². The third-order valence-electron chi connectivity index (χ3n) is 2.76. The normalized spacial score (nSPS) is 11.2. The molecule has 4 heteroatoms. The molecule has 0 unspecified atom stereocenters. The summed E-state index contributed by atoms with van der Waals surface area (Å²) in [6, 6.07) is 4.92. The summed E-state index contributed by atoms with van der Waals surface area (Å²) in [6.07, 6.45) is 0. The van der Waals surface area contributed by atoms with Crippen molar-refractivity contribution in [3.05, 3.63) is 34.3 Å². The molecular weight excluding hydrogens is 250 g/mol. The number of hydrogen-bond acceptors (Lipinski definition) is 2. The molecule has 18 heavy (non-hydrogen) atoms. The number of aromatic carboxylic acids is 1. The summed E-state index contributed by atoms with van der Waals surface area (Å²) < 4.78 is 0. The van der Waals surface area contributed by atoms with Crippen molar-refractivity contribution in [2.45, 2.75) is 27.3 Å². The molecule has 100 valence electrons. The smallest absolute Gasteiger partial charge is 0.335 e. The van der Waals surface area contributed by atoms with Crippen molar-refractivity contribution in [3.63, 3.8) is 0 Å². The van der Waals surface area contributed by atoms with E-state index in [1.54, 1.807) is 12.1 Å². The second-order valence-electron chi connectivity index (χ2n) is 4.83. The molecule has 1 N–H and O–H groups in total. The Balaban J connectivity index is 2.80. The van der Waals surface area contributed by atoms with Crippen LogP contribution in [0.3, 0.4) is 0 Å². The molecule has 0 heterocycles. The highest BCUT2D eigenvalue weighted by atomic mass is 35.5. The van der Waals surface area contributed by atoms with Gasteiger partial charge in [0.25, 0.3) is 0 Å². The molecule has 0 atom stereocenters. The van der Waals surface area contributed by atoms with Crippen molar-refractivity contribution in [1.82, 2.24) is 4.90 Å². The molecule has 1 aromatic carbocycles. The number of benzene rings is 1. The van der Waals surface area contributed by atoms with Gasteiger partial charge >= 0.3 is 5.97 Å². The Morgan fingerprint density at radius 1 is 1.44 bits per heavy atom. The quantitative estimate of drug-likeness (QED) is 0.859. The molecule has 0 aliphatic rings. The number of carboxylic acid groups (broad SMARTS) is 1. The van der Waals surface area contributed by atoms with Crippen LogP contribution in [0.1, 0.15) is 36.7 Å². The Hall–Kier alpha value is -1.06. The van der Waals surface area contributed by atoms with Gasteiger partial charge in [0.15, 0.2) is 0 Å². The van der Waals surface area contributed by atoms with Gasteiger partial charge in [-0.05, 0) is 30.2 Å². The second kappa shape index (κ2) is 6.76. The first kappa shape index (κ1) is 15.0. The van der Waals surface area contributed by atoms with Crippen molar-refractivity contribution >= 4 is 17.6 Å². The lowest BCUT2D eigenvalue weighted by Gasteiger charge is -2.23. The Morgan fingerprint density at radius 3 is 2.56 bits per heavy atom. The Bertz CT molecular complexity index is 418. The van der Waals surface area contributed by atoms with Gasteiger partial charge in [0.05, 0.1) is 5.56 Å². The highest BCUT2D eigenvalue weighted by Crippen LogP contribution is 2.20. The van der Waals surface area contributed by atoms with Crippen LogP contribution in [-0.4, -0.2) is 29.1 Å². The lowest BCUT2D eigenvalue weighted by molar-refractivity contribution is 0.0697. The minimum absolute atomic E-state index is 0.232. The predicted octanol–water partition coefficient (Wildman–Crippen LogP) is 3.52. The zero-order chi connectivity index (χ0) is 13.7. The SMILES string of the molecule is CCN(Cc1ccc(C(=O)O)cc1Cl)CC(C)C. The third kappa shape index (κ3) is 4.31. The lowest BCUT2D eigenvalue weighted by Crippen LogP contribution is -2.27. The van der Waals surface area contributed by atoms with Gasteiger partial charge in [-0.1, -0.05) is 38.4 Å². The fraction of sp³-hybridized carbons (Fsp3) is 0.500. The highest BCUT2D eigenvalue weighted by Gasteiger charge is 2.11. The van der Waals surface area contributed by atoms with Crippen LogP contribution in [0, 0.1) is 5.92 Å². The molecule has 0 fully saturated rings. The van der Waals surface area contributed by atoms with Gasteiger partial charge in [-0.15, -0.1) is 0 Å². The fourth-order valence-electron chi connectivity index (χ4n) is 1.87. The maximum Gasteiger partial charge on any atom is 0.335 e. The van der Waals surface area contributed by atoms with Gasteiger partial charge in [-0.3, -0.25) is 4.90 Å². The van der Waals surface area contributed by atoms with Crippen molar-refractivity contribution in [3.8, 4) is 0 Å². The summed E-state index contributed by atoms with van der Waals surface area (Å²) in [5.41, 5.74) is 1.21. The zero-order valence-corrected chi connectivity index (χ0v) is 11.9.